The maximum Gasteiger partial charge on any atom is 0.469 e. The third kappa shape index (κ3) is 26.4. The molecular formula is C28H55O8P. The van der Waals surface area contributed by atoms with Gasteiger partial charge in [-0.1, -0.05) is 111 Å². The number of rotatable bonds is 25. The van der Waals surface area contributed by atoms with Crippen molar-refractivity contribution in [3.63, 3.8) is 0 Å². The van der Waals surface area contributed by atoms with Crippen molar-refractivity contribution in [1.82, 2.24) is 0 Å². The SMILES string of the molecule is CCC(C)CCCCCCCCC(=O)O[C@H](COC(=O)CCCCCCCCC(C)C)COP(=O)(O)O. The van der Waals surface area contributed by atoms with Crippen LogP contribution in [0.4, 0.5) is 0 Å². The molecule has 1 unspecified atom stereocenters. The van der Waals surface area contributed by atoms with Gasteiger partial charge in [0.1, 0.15) is 6.61 Å². The number of carbonyl (C=O) groups is 2. The van der Waals surface area contributed by atoms with Gasteiger partial charge in [0.15, 0.2) is 6.10 Å². The van der Waals surface area contributed by atoms with Gasteiger partial charge in [0.05, 0.1) is 6.61 Å². The van der Waals surface area contributed by atoms with Crippen molar-refractivity contribution in [2.45, 2.75) is 143 Å². The zero-order valence-corrected chi connectivity index (χ0v) is 24.9. The van der Waals surface area contributed by atoms with E-state index in [0.717, 1.165) is 56.8 Å². The number of ether oxygens (including phenoxy) is 2. The Hall–Kier alpha value is -0.950. The molecule has 0 rings (SSSR count). The molecule has 0 spiro atoms. The second kappa shape index (κ2) is 23.0. The first-order valence-electron chi connectivity index (χ1n) is 14.6. The van der Waals surface area contributed by atoms with E-state index in [0.29, 0.717) is 6.42 Å². The summed E-state index contributed by atoms with van der Waals surface area (Å²) in [7, 11) is -4.73. The highest BCUT2D eigenvalue weighted by atomic mass is 31.2. The lowest BCUT2D eigenvalue weighted by Crippen LogP contribution is -2.29. The van der Waals surface area contributed by atoms with Crippen LogP contribution in [0.15, 0.2) is 0 Å². The molecule has 0 aromatic rings. The fourth-order valence-electron chi connectivity index (χ4n) is 4.00. The van der Waals surface area contributed by atoms with Gasteiger partial charge in [-0.15, -0.1) is 0 Å². The minimum absolute atomic E-state index is 0.213. The first kappa shape index (κ1) is 36.0. The Morgan fingerprint density at radius 2 is 1.19 bits per heavy atom. The van der Waals surface area contributed by atoms with Crippen LogP contribution in [0.2, 0.25) is 0 Å². The molecule has 0 fully saturated rings. The highest BCUT2D eigenvalue weighted by Crippen LogP contribution is 2.35. The topological polar surface area (TPSA) is 119 Å². The molecule has 0 bridgehead atoms. The van der Waals surface area contributed by atoms with Crippen LogP contribution in [0.3, 0.4) is 0 Å². The average molecular weight is 551 g/mol. The highest BCUT2D eigenvalue weighted by molar-refractivity contribution is 7.46. The molecule has 0 aromatic heterocycles. The third-order valence-electron chi connectivity index (χ3n) is 6.59. The molecule has 220 valence electrons. The van der Waals surface area contributed by atoms with Crippen molar-refractivity contribution in [2.75, 3.05) is 13.2 Å². The summed E-state index contributed by atoms with van der Waals surface area (Å²) in [6.07, 6.45) is 15.8. The number of esters is 2. The smallest absolute Gasteiger partial charge is 0.462 e. The molecule has 0 aliphatic heterocycles. The van der Waals surface area contributed by atoms with Crippen molar-refractivity contribution in [3.05, 3.63) is 0 Å². The van der Waals surface area contributed by atoms with Gasteiger partial charge >= 0.3 is 19.8 Å². The monoisotopic (exact) mass is 550 g/mol. The standard InChI is InChI=1S/C28H55O8P/c1-5-25(4)19-15-11-7-9-13-17-21-28(30)36-26(23-35-37(31,32)33)22-34-27(29)20-16-12-8-6-10-14-18-24(2)3/h24-26H,5-23H2,1-4H3,(H2,31,32,33)/t25?,26-/m1/s1. The molecule has 9 heteroatoms. The Kier molecular flexibility index (Phi) is 22.4. The van der Waals surface area contributed by atoms with Crippen molar-refractivity contribution in [3.8, 4) is 0 Å². The average Bonchev–Trinajstić information content (AvgIpc) is 2.83. The Morgan fingerprint density at radius 1 is 0.703 bits per heavy atom. The first-order chi connectivity index (χ1) is 17.5. The van der Waals surface area contributed by atoms with Crippen LogP contribution >= 0.6 is 7.82 Å². The van der Waals surface area contributed by atoms with E-state index in [4.69, 9.17) is 19.3 Å². The second-order valence-electron chi connectivity index (χ2n) is 10.8. The molecule has 8 nitrogen and oxygen atoms in total. The Balaban J connectivity index is 4.12. The van der Waals surface area contributed by atoms with E-state index in [1.165, 1.54) is 44.9 Å². The van der Waals surface area contributed by atoms with Crippen LogP contribution in [0, 0.1) is 11.8 Å². The summed E-state index contributed by atoms with van der Waals surface area (Å²) in [5.41, 5.74) is 0. The maximum atomic E-state index is 12.2. The number of hydrogen-bond acceptors (Lipinski definition) is 6. The lowest BCUT2D eigenvalue weighted by atomic mass is 10.00. The summed E-state index contributed by atoms with van der Waals surface area (Å²) in [6, 6.07) is 0. The quantitative estimate of drug-likeness (QED) is 0.0681. The number of hydrogen-bond donors (Lipinski definition) is 2. The van der Waals surface area contributed by atoms with Crippen molar-refractivity contribution in [2.24, 2.45) is 11.8 Å². The number of phosphoric acid groups is 1. The molecule has 37 heavy (non-hydrogen) atoms. The fourth-order valence-corrected chi connectivity index (χ4v) is 4.36. The maximum absolute atomic E-state index is 12.2. The molecule has 0 aliphatic carbocycles. The van der Waals surface area contributed by atoms with E-state index in [9.17, 15) is 14.2 Å². The van der Waals surface area contributed by atoms with E-state index in [1.54, 1.807) is 0 Å². The minimum atomic E-state index is -4.73. The highest BCUT2D eigenvalue weighted by Gasteiger charge is 2.22. The zero-order chi connectivity index (χ0) is 27.9. The predicted octanol–water partition coefficient (Wildman–Crippen LogP) is 7.49. The van der Waals surface area contributed by atoms with Gasteiger partial charge in [0.2, 0.25) is 0 Å². The van der Waals surface area contributed by atoms with Crippen LogP contribution in [-0.4, -0.2) is 41.0 Å². The molecule has 2 atom stereocenters. The van der Waals surface area contributed by atoms with Gasteiger partial charge in [0.25, 0.3) is 0 Å². The minimum Gasteiger partial charge on any atom is -0.462 e. The molecule has 2 N–H and O–H groups in total. The summed E-state index contributed by atoms with van der Waals surface area (Å²) >= 11 is 0. The van der Waals surface area contributed by atoms with E-state index < -0.39 is 32.5 Å². The summed E-state index contributed by atoms with van der Waals surface area (Å²) in [6.45, 7) is 8.14. The number of phosphoric ester groups is 1. The van der Waals surface area contributed by atoms with Crippen LogP contribution < -0.4 is 0 Å². The molecule has 0 heterocycles. The lowest BCUT2D eigenvalue weighted by molar-refractivity contribution is -0.161. The fraction of sp³-hybridized carbons (Fsp3) is 0.929. The van der Waals surface area contributed by atoms with Crippen LogP contribution in [-0.2, 0) is 28.2 Å². The van der Waals surface area contributed by atoms with E-state index in [-0.39, 0.29) is 19.4 Å². The molecule has 0 amide bonds. The lowest BCUT2D eigenvalue weighted by Gasteiger charge is -2.18. The van der Waals surface area contributed by atoms with E-state index in [2.05, 4.69) is 32.2 Å². The Labute approximate surface area is 225 Å². The van der Waals surface area contributed by atoms with Gasteiger partial charge < -0.3 is 19.3 Å². The number of unbranched alkanes of at least 4 members (excludes halogenated alkanes) is 10. The van der Waals surface area contributed by atoms with Gasteiger partial charge in [-0.2, -0.15) is 0 Å². The summed E-state index contributed by atoms with van der Waals surface area (Å²) in [4.78, 5) is 42.2. The molecule has 0 aliphatic rings. The van der Waals surface area contributed by atoms with Gasteiger partial charge in [-0.3, -0.25) is 14.1 Å². The van der Waals surface area contributed by atoms with Crippen LogP contribution in [0.1, 0.15) is 137 Å². The van der Waals surface area contributed by atoms with Crippen LogP contribution in [0.5, 0.6) is 0 Å². The van der Waals surface area contributed by atoms with Crippen molar-refractivity contribution >= 4 is 19.8 Å². The van der Waals surface area contributed by atoms with Gasteiger partial charge in [-0.25, -0.2) is 4.57 Å². The molecular weight excluding hydrogens is 495 g/mol. The number of carbonyl (C=O) groups excluding carboxylic acids is 2. The van der Waals surface area contributed by atoms with E-state index in [1.807, 2.05) is 0 Å². The molecule has 0 saturated heterocycles. The normalized spacial score (nSPS) is 13.5. The summed E-state index contributed by atoms with van der Waals surface area (Å²) in [5, 5.41) is 0. The van der Waals surface area contributed by atoms with Crippen LogP contribution in [0.25, 0.3) is 0 Å². The first-order valence-corrected chi connectivity index (χ1v) is 16.1. The molecule has 0 radical (unpaired) electrons. The summed E-state index contributed by atoms with van der Waals surface area (Å²) in [5.74, 6) is 0.629. The van der Waals surface area contributed by atoms with Crippen molar-refractivity contribution in [1.29, 1.82) is 0 Å². The van der Waals surface area contributed by atoms with Crippen molar-refractivity contribution < 1.29 is 37.9 Å². The van der Waals surface area contributed by atoms with E-state index >= 15 is 0 Å². The third-order valence-corrected chi connectivity index (χ3v) is 7.08. The second-order valence-corrected chi connectivity index (χ2v) is 12.0. The molecule has 0 saturated carbocycles. The van der Waals surface area contributed by atoms with Gasteiger partial charge in [-0.05, 0) is 24.7 Å². The summed E-state index contributed by atoms with van der Waals surface area (Å²) < 4.78 is 26.0. The molecule has 0 aromatic carbocycles. The Bertz CT molecular complexity index is 619. The Morgan fingerprint density at radius 3 is 1.70 bits per heavy atom. The largest absolute Gasteiger partial charge is 0.469 e. The van der Waals surface area contributed by atoms with Gasteiger partial charge in [0, 0.05) is 12.8 Å². The zero-order valence-electron chi connectivity index (χ0n) is 24.0. The predicted molar refractivity (Wildman–Crippen MR) is 147 cm³/mol.